The molecule has 0 aliphatic carbocycles. The zero-order chi connectivity index (χ0) is 25.4. The van der Waals surface area contributed by atoms with Gasteiger partial charge in [-0.3, -0.25) is 19.4 Å². The van der Waals surface area contributed by atoms with Gasteiger partial charge < -0.3 is 9.47 Å². The first-order valence-electron chi connectivity index (χ1n) is 12.7. The summed E-state index contributed by atoms with van der Waals surface area (Å²) < 4.78 is 3.51. The molecule has 4 heterocycles. The van der Waals surface area contributed by atoms with E-state index in [9.17, 15) is 4.79 Å². The van der Waals surface area contributed by atoms with Crippen molar-refractivity contribution in [3.63, 3.8) is 0 Å². The molecule has 1 fully saturated rings. The fourth-order valence-electron chi connectivity index (χ4n) is 5.47. The monoisotopic (exact) mass is 482 g/mol. The largest absolute Gasteiger partial charge is 0.364 e. The topological polar surface area (TPSA) is 59.2 Å². The third kappa shape index (κ3) is 4.27. The zero-order valence-electron chi connectivity index (χ0n) is 21.8. The molecule has 7 nitrogen and oxygen atoms in total. The van der Waals surface area contributed by atoms with Crippen molar-refractivity contribution in [3.05, 3.63) is 64.7 Å². The molecule has 186 valence electrons. The minimum atomic E-state index is -0.0154. The van der Waals surface area contributed by atoms with E-state index in [0.29, 0.717) is 12.6 Å². The van der Waals surface area contributed by atoms with Gasteiger partial charge in [-0.15, -0.1) is 5.92 Å². The van der Waals surface area contributed by atoms with Crippen LogP contribution in [-0.4, -0.2) is 49.4 Å². The summed E-state index contributed by atoms with van der Waals surface area (Å²) >= 11 is 0. The van der Waals surface area contributed by atoms with Crippen LogP contribution in [0.4, 0.5) is 5.69 Å². The quantitative estimate of drug-likeness (QED) is 0.396. The predicted molar refractivity (Wildman–Crippen MR) is 146 cm³/mol. The summed E-state index contributed by atoms with van der Waals surface area (Å²) in [5.74, 6) is 5.99. The Morgan fingerprint density at radius 1 is 1.19 bits per heavy atom. The highest BCUT2D eigenvalue weighted by molar-refractivity contribution is 5.88. The number of hydrogen-bond donors (Lipinski definition) is 0. The summed E-state index contributed by atoms with van der Waals surface area (Å²) in [5, 5.41) is 6.00. The Morgan fingerprint density at radius 2 is 2.03 bits per heavy atom. The summed E-state index contributed by atoms with van der Waals surface area (Å²) in [4.78, 5) is 22.5. The molecule has 3 atom stereocenters. The highest BCUT2D eigenvalue weighted by Crippen LogP contribution is 2.34. The molecule has 5 rings (SSSR count). The molecule has 1 unspecified atom stereocenters. The Labute approximate surface area is 212 Å². The predicted octanol–water partition coefficient (Wildman–Crippen LogP) is 4.36. The van der Waals surface area contributed by atoms with Crippen LogP contribution in [-0.2, 0) is 13.6 Å². The van der Waals surface area contributed by atoms with Gasteiger partial charge in [-0.05, 0) is 44.9 Å². The number of anilines is 1. The average molecular weight is 483 g/mol. The molecule has 1 aromatic carbocycles. The van der Waals surface area contributed by atoms with Crippen LogP contribution >= 0.6 is 0 Å². The van der Waals surface area contributed by atoms with E-state index in [-0.39, 0.29) is 17.6 Å². The first kappa shape index (κ1) is 24.1. The molecule has 0 bridgehead atoms. The van der Waals surface area contributed by atoms with Crippen LogP contribution in [0.1, 0.15) is 45.7 Å². The van der Waals surface area contributed by atoms with Crippen LogP contribution in [0.3, 0.4) is 0 Å². The maximum atomic E-state index is 12.9. The second-order valence-corrected chi connectivity index (χ2v) is 9.81. The van der Waals surface area contributed by atoms with Crippen LogP contribution in [0.2, 0.25) is 0 Å². The lowest BCUT2D eigenvalue weighted by atomic mass is 9.97. The van der Waals surface area contributed by atoms with Gasteiger partial charge in [-0.25, -0.2) is 0 Å². The van der Waals surface area contributed by atoms with E-state index in [1.54, 1.807) is 10.6 Å². The summed E-state index contributed by atoms with van der Waals surface area (Å²) in [5.41, 5.74) is 4.93. The van der Waals surface area contributed by atoms with Crippen molar-refractivity contribution in [2.45, 2.75) is 58.8 Å². The minimum absolute atomic E-state index is 0.0154. The van der Waals surface area contributed by atoms with Gasteiger partial charge in [0.05, 0.1) is 22.9 Å². The minimum Gasteiger partial charge on any atom is -0.364 e. The van der Waals surface area contributed by atoms with E-state index in [1.807, 2.05) is 37.1 Å². The number of aromatic nitrogens is 4. The lowest BCUT2D eigenvalue weighted by Crippen LogP contribution is -2.58. The molecule has 36 heavy (non-hydrogen) atoms. The average Bonchev–Trinajstić information content (AvgIpc) is 3.33. The van der Waals surface area contributed by atoms with Crippen LogP contribution in [0.5, 0.6) is 0 Å². The van der Waals surface area contributed by atoms with Crippen molar-refractivity contribution in [2.24, 2.45) is 7.05 Å². The van der Waals surface area contributed by atoms with E-state index in [1.165, 1.54) is 5.56 Å². The second-order valence-electron chi connectivity index (χ2n) is 9.81. The molecule has 0 amide bonds. The number of benzene rings is 1. The van der Waals surface area contributed by atoms with Gasteiger partial charge in [0.15, 0.2) is 0 Å². The lowest BCUT2D eigenvalue weighted by Gasteiger charge is -2.48. The van der Waals surface area contributed by atoms with E-state index in [0.717, 1.165) is 47.1 Å². The molecule has 1 saturated heterocycles. The molecule has 1 aliphatic heterocycles. The number of pyridine rings is 2. The van der Waals surface area contributed by atoms with Gasteiger partial charge in [0, 0.05) is 55.9 Å². The maximum Gasteiger partial charge on any atom is 0.252 e. The first-order chi connectivity index (χ1) is 17.4. The Balaban J connectivity index is 1.47. The van der Waals surface area contributed by atoms with Gasteiger partial charge in [0.25, 0.3) is 5.56 Å². The third-order valence-corrected chi connectivity index (χ3v) is 7.63. The summed E-state index contributed by atoms with van der Waals surface area (Å²) in [6.07, 6.45) is 4.81. The van der Waals surface area contributed by atoms with Crippen molar-refractivity contribution in [1.29, 1.82) is 0 Å². The van der Waals surface area contributed by atoms with Crippen LogP contribution in [0.25, 0.3) is 21.9 Å². The summed E-state index contributed by atoms with van der Waals surface area (Å²) in [6.45, 7) is 10.9. The fourth-order valence-corrected chi connectivity index (χ4v) is 5.47. The van der Waals surface area contributed by atoms with Crippen molar-refractivity contribution in [2.75, 3.05) is 18.0 Å². The van der Waals surface area contributed by atoms with E-state index in [4.69, 9.17) is 5.10 Å². The lowest BCUT2D eigenvalue weighted by molar-refractivity contribution is 0.106. The van der Waals surface area contributed by atoms with Gasteiger partial charge in [-0.2, -0.15) is 5.10 Å². The Morgan fingerprint density at radius 3 is 2.81 bits per heavy atom. The van der Waals surface area contributed by atoms with Crippen LogP contribution in [0, 0.1) is 11.8 Å². The molecule has 1 aliphatic rings. The number of rotatable bonds is 5. The van der Waals surface area contributed by atoms with Crippen molar-refractivity contribution >= 4 is 27.6 Å². The smallest absolute Gasteiger partial charge is 0.252 e. The molecular formula is C29H34N6O. The Hall–Kier alpha value is -3.63. The van der Waals surface area contributed by atoms with Gasteiger partial charge >= 0.3 is 0 Å². The molecule has 3 aromatic heterocycles. The van der Waals surface area contributed by atoms with Crippen molar-refractivity contribution in [3.8, 4) is 11.8 Å². The van der Waals surface area contributed by atoms with Crippen molar-refractivity contribution < 1.29 is 0 Å². The number of hydrogen-bond acceptors (Lipinski definition) is 5. The SMILES string of the molecule is CC#CCn1cc2c(n1)c(N1C[C@@H](CC)N(C(C)c3ccc4cccnc4c3)C[C@@H]1C)cc(=O)n2C. The van der Waals surface area contributed by atoms with E-state index < -0.39 is 0 Å². The molecule has 0 N–H and O–H groups in total. The van der Waals surface area contributed by atoms with E-state index in [2.05, 4.69) is 71.7 Å². The summed E-state index contributed by atoms with van der Waals surface area (Å²) in [7, 11) is 1.81. The standard InChI is InChI=1S/C29H34N6O/c1-6-8-14-33-19-27-29(31-33)26(16-28(36)32(27)5)34-18-24(7-2)35(17-20(34)3)21(4)23-12-11-22-10-9-13-30-25(22)15-23/h9-13,15-16,19-21,24H,7,14,17-18H2,1-5H3/t20-,21?,24+/m0/s1. The maximum absolute atomic E-state index is 12.9. The number of nitrogens with zero attached hydrogens (tertiary/aromatic N) is 6. The highest BCUT2D eigenvalue weighted by atomic mass is 16.1. The third-order valence-electron chi connectivity index (χ3n) is 7.63. The van der Waals surface area contributed by atoms with Gasteiger partial charge in [0.2, 0.25) is 0 Å². The van der Waals surface area contributed by atoms with E-state index >= 15 is 0 Å². The van der Waals surface area contributed by atoms with Crippen LogP contribution < -0.4 is 10.5 Å². The van der Waals surface area contributed by atoms with Crippen LogP contribution in [0.15, 0.2) is 53.6 Å². The Kier molecular flexibility index (Phi) is 6.55. The molecular weight excluding hydrogens is 448 g/mol. The van der Waals surface area contributed by atoms with Gasteiger partial charge in [-0.1, -0.05) is 31.0 Å². The highest BCUT2D eigenvalue weighted by Gasteiger charge is 2.35. The van der Waals surface area contributed by atoms with Crippen molar-refractivity contribution in [1.82, 2.24) is 24.2 Å². The number of piperazine rings is 1. The number of fused-ring (bicyclic) bond motifs is 2. The first-order valence-corrected chi connectivity index (χ1v) is 12.7. The molecule has 0 spiro atoms. The fraction of sp³-hybridized carbons (Fsp3) is 0.414. The Bertz CT molecular complexity index is 1520. The number of aryl methyl sites for hydroxylation is 1. The molecule has 4 aromatic rings. The molecule has 0 radical (unpaired) electrons. The second kappa shape index (κ2) is 9.79. The molecule has 7 heteroatoms. The normalized spacial score (nSPS) is 19.4. The van der Waals surface area contributed by atoms with Gasteiger partial charge in [0.1, 0.15) is 12.1 Å². The summed E-state index contributed by atoms with van der Waals surface area (Å²) in [6, 6.07) is 13.3. The zero-order valence-corrected chi connectivity index (χ0v) is 21.8. The molecule has 0 saturated carbocycles.